The number of halogens is 3. The van der Waals surface area contributed by atoms with Gasteiger partial charge in [-0.2, -0.15) is 0 Å². The molecule has 0 aromatic heterocycles. The van der Waals surface area contributed by atoms with Crippen molar-refractivity contribution in [2.75, 3.05) is 7.11 Å². The first kappa shape index (κ1) is 8.81. The Hall–Kier alpha value is -0.280. The van der Waals surface area contributed by atoms with E-state index in [4.69, 9.17) is 16.3 Å². The fourth-order valence-electron chi connectivity index (χ4n) is 0.696. The van der Waals surface area contributed by atoms with Gasteiger partial charge in [-0.25, -0.2) is 4.39 Å². The molecular weight excluding hydrogens is 234 g/mol. The molecule has 0 amide bonds. The van der Waals surface area contributed by atoms with E-state index < -0.39 is 5.82 Å². The quantitative estimate of drug-likeness (QED) is 0.684. The molecule has 4 heteroatoms. The lowest BCUT2D eigenvalue weighted by molar-refractivity contribution is 0.384. The largest absolute Gasteiger partial charge is 0.492 e. The Morgan fingerprint density at radius 2 is 2.18 bits per heavy atom. The van der Waals surface area contributed by atoms with Gasteiger partial charge in [-0.1, -0.05) is 11.6 Å². The number of ether oxygens (including phenoxy) is 1. The van der Waals surface area contributed by atoms with Gasteiger partial charge in [-0.05, 0) is 28.1 Å². The average molecular weight is 239 g/mol. The van der Waals surface area contributed by atoms with Gasteiger partial charge in [0.15, 0.2) is 11.6 Å². The maximum Gasteiger partial charge on any atom is 0.170 e. The molecule has 0 aliphatic heterocycles. The SMILES string of the molecule is COc1c(F)ccc(Cl)c1Br. The smallest absolute Gasteiger partial charge is 0.170 e. The van der Waals surface area contributed by atoms with Crippen LogP contribution in [0, 0.1) is 5.82 Å². The molecule has 0 radical (unpaired) electrons. The van der Waals surface area contributed by atoms with Crippen molar-refractivity contribution >= 4 is 27.5 Å². The van der Waals surface area contributed by atoms with Crippen molar-refractivity contribution in [1.82, 2.24) is 0 Å². The molecule has 0 atom stereocenters. The molecule has 0 N–H and O–H groups in total. The van der Waals surface area contributed by atoms with E-state index in [1.807, 2.05) is 0 Å². The average Bonchev–Trinajstić information content (AvgIpc) is 1.99. The van der Waals surface area contributed by atoms with Crippen molar-refractivity contribution in [2.24, 2.45) is 0 Å². The van der Waals surface area contributed by atoms with Gasteiger partial charge in [0.2, 0.25) is 0 Å². The molecule has 0 fully saturated rings. The lowest BCUT2D eigenvalue weighted by Crippen LogP contribution is -1.89. The molecule has 0 saturated heterocycles. The fraction of sp³-hybridized carbons (Fsp3) is 0.143. The van der Waals surface area contributed by atoms with E-state index >= 15 is 0 Å². The van der Waals surface area contributed by atoms with Crippen LogP contribution in [0.3, 0.4) is 0 Å². The van der Waals surface area contributed by atoms with Crippen molar-refractivity contribution in [3.63, 3.8) is 0 Å². The van der Waals surface area contributed by atoms with Crippen LogP contribution in [0.15, 0.2) is 16.6 Å². The van der Waals surface area contributed by atoms with Gasteiger partial charge in [-0.3, -0.25) is 0 Å². The topological polar surface area (TPSA) is 9.23 Å². The molecule has 0 aliphatic rings. The fourth-order valence-corrected chi connectivity index (χ4v) is 1.33. The van der Waals surface area contributed by atoms with Crippen LogP contribution >= 0.6 is 27.5 Å². The predicted molar refractivity (Wildman–Crippen MR) is 45.7 cm³/mol. The third-order valence-electron chi connectivity index (χ3n) is 1.21. The zero-order valence-electron chi connectivity index (χ0n) is 5.70. The van der Waals surface area contributed by atoms with Gasteiger partial charge in [0, 0.05) is 0 Å². The van der Waals surface area contributed by atoms with Crippen LogP contribution in [0.2, 0.25) is 5.02 Å². The summed E-state index contributed by atoms with van der Waals surface area (Å²) in [7, 11) is 1.39. The van der Waals surface area contributed by atoms with Crippen molar-refractivity contribution in [3.8, 4) is 5.75 Å². The van der Waals surface area contributed by atoms with Gasteiger partial charge in [-0.15, -0.1) is 0 Å². The minimum Gasteiger partial charge on any atom is -0.492 e. The van der Waals surface area contributed by atoms with E-state index in [9.17, 15) is 4.39 Å². The van der Waals surface area contributed by atoms with Crippen LogP contribution in [0.25, 0.3) is 0 Å². The Balaban J connectivity index is 3.29. The van der Waals surface area contributed by atoms with E-state index in [-0.39, 0.29) is 5.75 Å². The molecule has 60 valence electrons. The van der Waals surface area contributed by atoms with E-state index in [0.29, 0.717) is 9.50 Å². The number of methoxy groups -OCH3 is 1. The Labute approximate surface area is 77.2 Å². The van der Waals surface area contributed by atoms with Crippen LogP contribution in [0.4, 0.5) is 4.39 Å². The summed E-state index contributed by atoms with van der Waals surface area (Å²) < 4.78 is 18.0. The summed E-state index contributed by atoms with van der Waals surface area (Å²) in [5.41, 5.74) is 0. The van der Waals surface area contributed by atoms with Crippen LogP contribution in [-0.4, -0.2) is 7.11 Å². The molecule has 0 unspecified atom stereocenters. The number of benzene rings is 1. The molecule has 1 aromatic rings. The maximum absolute atomic E-state index is 12.8. The van der Waals surface area contributed by atoms with Crippen LogP contribution < -0.4 is 4.74 Å². The second-order valence-electron chi connectivity index (χ2n) is 1.88. The maximum atomic E-state index is 12.8. The summed E-state index contributed by atoms with van der Waals surface area (Å²) in [6.07, 6.45) is 0. The summed E-state index contributed by atoms with van der Waals surface area (Å²) in [5.74, 6) is -0.290. The highest BCUT2D eigenvalue weighted by Crippen LogP contribution is 2.33. The molecule has 0 spiro atoms. The minimum absolute atomic E-state index is 0.137. The van der Waals surface area contributed by atoms with E-state index in [0.717, 1.165) is 0 Å². The molecule has 0 heterocycles. The van der Waals surface area contributed by atoms with Crippen LogP contribution in [0.1, 0.15) is 0 Å². The Morgan fingerprint density at radius 1 is 1.55 bits per heavy atom. The third kappa shape index (κ3) is 1.65. The second kappa shape index (κ2) is 3.41. The monoisotopic (exact) mass is 238 g/mol. The van der Waals surface area contributed by atoms with Gasteiger partial charge in [0.05, 0.1) is 16.6 Å². The highest BCUT2D eigenvalue weighted by Gasteiger charge is 2.09. The van der Waals surface area contributed by atoms with Gasteiger partial charge in [0.25, 0.3) is 0 Å². The predicted octanol–water partition coefficient (Wildman–Crippen LogP) is 3.25. The molecule has 1 nitrogen and oxygen atoms in total. The Kier molecular flexibility index (Phi) is 2.73. The molecule has 0 aliphatic carbocycles. The Morgan fingerprint density at radius 3 is 2.64 bits per heavy atom. The molecule has 1 aromatic carbocycles. The zero-order valence-corrected chi connectivity index (χ0v) is 8.04. The first-order valence-corrected chi connectivity index (χ1v) is 4.01. The molecule has 0 saturated carbocycles. The minimum atomic E-state index is -0.427. The van der Waals surface area contributed by atoms with E-state index in [2.05, 4.69) is 15.9 Å². The summed E-state index contributed by atoms with van der Waals surface area (Å²) in [6.45, 7) is 0. The Bertz CT molecular complexity index is 277. The number of hydrogen-bond donors (Lipinski definition) is 0. The molecule has 0 bridgehead atoms. The second-order valence-corrected chi connectivity index (χ2v) is 3.08. The first-order chi connectivity index (χ1) is 5.16. The van der Waals surface area contributed by atoms with Crippen molar-refractivity contribution < 1.29 is 9.13 Å². The van der Waals surface area contributed by atoms with Gasteiger partial charge >= 0.3 is 0 Å². The summed E-state index contributed by atoms with van der Waals surface area (Å²) in [5, 5.41) is 0.434. The summed E-state index contributed by atoms with van der Waals surface area (Å²) >= 11 is 8.77. The zero-order chi connectivity index (χ0) is 8.43. The van der Waals surface area contributed by atoms with Gasteiger partial charge in [0.1, 0.15) is 0 Å². The van der Waals surface area contributed by atoms with Crippen molar-refractivity contribution in [2.45, 2.75) is 0 Å². The van der Waals surface area contributed by atoms with E-state index in [1.54, 1.807) is 0 Å². The normalized spacial score (nSPS) is 9.82. The lowest BCUT2D eigenvalue weighted by atomic mass is 10.3. The lowest BCUT2D eigenvalue weighted by Gasteiger charge is -2.04. The first-order valence-electron chi connectivity index (χ1n) is 2.84. The third-order valence-corrected chi connectivity index (χ3v) is 2.54. The summed E-state index contributed by atoms with van der Waals surface area (Å²) in [4.78, 5) is 0. The number of hydrogen-bond acceptors (Lipinski definition) is 1. The standard InChI is InChI=1S/C7H5BrClFO/c1-11-7-5(10)3-2-4(9)6(7)8/h2-3H,1H3. The molecule has 11 heavy (non-hydrogen) atoms. The van der Waals surface area contributed by atoms with Crippen LogP contribution in [-0.2, 0) is 0 Å². The highest BCUT2D eigenvalue weighted by atomic mass is 79.9. The highest BCUT2D eigenvalue weighted by molar-refractivity contribution is 9.10. The van der Waals surface area contributed by atoms with Crippen molar-refractivity contribution in [3.05, 3.63) is 27.4 Å². The van der Waals surface area contributed by atoms with E-state index in [1.165, 1.54) is 19.2 Å². The van der Waals surface area contributed by atoms with Crippen LogP contribution in [0.5, 0.6) is 5.75 Å². The summed E-state index contributed by atoms with van der Waals surface area (Å²) in [6, 6.07) is 2.72. The molecular formula is C7H5BrClFO. The van der Waals surface area contributed by atoms with Gasteiger partial charge < -0.3 is 4.74 Å². The molecule has 1 rings (SSSR count). The number of rotatable bonds is 1. The van der Waals surface area contributed by atoms with Crippen molar-refractivity contribution in [1.29, 1.82) is 0 Å².